The lowest BCUT2D eigenvalue weighted by atomic mass is 9.96. The van der Waals surface area contributed by atoms with Crippen LogP contribution in [0, 0.1) is 5.82 Å². The number of unbranched alkanes of at least 4 members (excludes halogenated alkanes) is 1. The lowest BCUT2D eigenvalue weighted by molar-refractivity contribution is -0.0498. The predicted molar refractivity (Wildman–Crippen MR) is 120 cm³/mol. The Morgan fingerprint density at radius 1 is 0.774 bits per heavy atom. The van der Waals surface area contributed by atoms with Crippen molar-refractivity contribution < 1.29 is 17.9 Å². The number of hydrogen-bond donors (Lipinski definition) is 0. The third-order valence-corrected chi connectivity index (χ3v) is 5.45. The van der Waals surface area contributed by atoms with E-state index in [1.54, 1.807) is 12.1 Å². The third-order valence-electron chi connectivity index (χ3n) is 5.45. The van der Waals surface area contributed by atoms with Crippen molar-refractivity contribution >= 4 is 10.8 Å². The van der Waals surface area contributed by atoms with Gasteiger partial charge in [0.05, 0.1) is 0 Å². The molecule has 0 saturated carbocycles. The molecule has 4 heteroatoms. The van der Waals surface area contributed by atoms with Gasteiger partial charge in [-0.1, -0.05) is 80.1 Å². The second-order valence-electron chi connectivity index (χ2n) is 7.57. The van der Waals surface area contributed by atoms with Gasteiger partial charge in [-0.25, -0.2) is 4.39 Å². The molecule has 0 heterocycles. The summed E-state index contributed by atoms with van der Waals surface area (Å²) in [7, 11) is 0. The quantitative estimate of drug-likeness (QED) is 0.292. The summed E-state index contributed by atoms with van der Waals surface area (Å²) >= 11 is 0. The molecule has 0 aliphatic rings. The average Bonchev–Trinajstić information content (AvgIpc) is 2.78. The molecule has 158 valence electrons. The molecule has 0 aliphatic heterocycles. The molecule has 0 fully saturated rings. The molecule has 0 N–H and O–H groups in total. The Morgan fingerprint density at radius 3 is 2.06 bits per heavy atom. The summed E-state index contributed by atoms with van der Waals surface area (Å²) in [6, 6.07) is 23.8. The van der Waals surface area contributed by atoms with Gasteiger partial charge in [0.1, 0.15) is 11.6 Å². The summed E-state index contributed by atoms with van der Waals surface area (Å²) in [6.07, 6.45) is 3.27. The van der Waals surface area contributed by atoms with E-state index in [0.29, 0.717) is 10.9 Å². The predicted octanol–water partition coefficient (Wildman–Crippen LogP) is 8.26. The summed E-state index contributed by atoms with van der Waals surface area (Å²) in [5.74, 6) is -0.104. The summed E-state index contributed by atoms with van der Waals surface area (Å²) < 4.78 is 44.2. The van der Waals surface area contributed by atoms with E-state index in [4.69, 9.17) is 0 Å². The van der Waals surface area contributed by atoms with Crippen LogP contribution in [-0.4, -0.2) is 6.61 Å². The van der Waals surface area contributed by atoms with Crippen molar-refractivity contribution in [3.05, 3.63) is 90.2 Å². The molecule has 0 aromatic heterocycles. The van der Waals surface area contributed by atoms with Gasteiger partial charge in [0.25, 0.3) is 0 Å². The van der Waals surface area contributed by atoms with Crippen LogP contribution in [0.3, 0.4) is 0 Å². The number of alkyl halides is 2. The molecule has 0 atom stereocenters. The van der Waals surface area contributed by atoms with E-state index in [2.05, 4.69) is 17.7 Å². The molecule has 0 aliphatic carbocycles. The summed E-state index contributed by atoms with van der Waals surface area (Å²) in [4.78, 5) is 0. The van der Waals surface area contributed by atoms with Crippen molar-refractivity contribution in [2.24, 2.45) is 0 Å². The van der Waals surface area contributed by atoms with E-state index >= 15 is 4.39 Å². The van der Waals surface area contributed by atoms with Gasteiger partial charge in [0.15, 0.2) is 0 Å². The monoisotopic (exact) mass is 420 g/mol. The first kappa shape index (κ1) is 21.0. The maximum atomic E-state index is 15.2. The van der Waals surface area contributed by atoms with Crippen LogP contribution >= 0.6 is 0 Å². The lowest BCUT2D eigenvalue weighted by Crippen LogP contribution is -2.01. The molecule has 4 aromatic carbocycles. The van der Waals surface area contributed by atoms with Crippen LogP contribution in [0.4, 0.5) is 13.2 Å². The van der Waals surface area contributed by atoms with E-state index in [9.17, 15) is 8.78 Å². The highest BCUT2D eigenvalue weighted by Crippen LogP contribution is 2.32. The van der Waals surface area contributed by atoms with Gasteiger partial charge < -0.3 is 4.74 Å². The van der Waals surface area contributed by atoms with Gasteiger partial charge in [-0.15, -0.1) is 0 Å². The zero-order valence-electron chi connectivity index (χ0n) is 17.2. The minimum absolute atomic E-state index is 0.117. The van der Waals surface area contributed by atoms with E-state index < -0.39 is 6.61 Å². The second kappa shape index (κ2) is 9.25. The standard InChI is InChI=1S/C27H23F3O/c1-2-3-4-18-5-15-25-22(17-18)12-16-24(26(25)28)21-8-6-19(7-9-21)20-10-13-23(14-11-20)31-27(29)30/h5-17,27H,2-4H2,1H3. The van der Waals surface area contributed by atoms with E-state index in [-0.39, 0.29) is 11.6 Å². The van der Waals surface area contributed by atoms with Gasteiger partial charge in [-0.05, 0) is 52.6 Å². The second-order valence-corrected chi connectivity index (χ2v) is 7.57. The van der Waals surface area contributed by atoms with E-state index in [0.717, 1.165) is 41.3 Å². The molecule has 31 heavy (non-hydrogen) atoms. The van der Waals surface area contributed by atoms with Crippen LogP contribution < -0.4 is 4.74 Å². The van der Waals surface area contributed by atoms with Crippen LogP contribution in [0.1, 0.15) is 25.3 Å². The first-order chi connectivity index (χ1) is 15.0. The Morgan fingerprint density at radius 2 is 1.42 bits per heavy atom. The number of rotatable bonds is 7. The highest BCUT2D eigenvalue weighted by Gasteiger charge is 2.11. The molecular weight excluding hydrogens is 397 g/mol. The maximum absolute atomic E-state index is 15.2. The number of benzene rings is 4. The highest BCUT2D eigenvalue weighted by atomic mass is 19.3. The van der Waals surface area contributed by atoms with E-state index in [1.165, 1.54) is 17.7 Å². The molecule has 4 rings (SSSR count). The Kier molecular flexibility index (Phi) is 6.26. The fourth-order valence-corrected chi connectivity index (χ4v) is 3.77. The minimum atomic E-state index is -2.84. The maximum Gasteiger partial charge on any atom is 0.387 e. The number of halogens is 3. The molecule has 0 bridgehead atoms. The Balaban J connectivity index is 1.59. The van der Waals surface area contributed by atoms with E-state index in [1.807, 2.05) is 48.5 Å². The summed E-state index contributed by atoms with van der Waals surface area (Å²) in [5, 5.41) is 1.54. The molecule has 0 radical (unpaired) electrons. The highest BCUT2D eigenvalue weighted by molar-refractivity contribution is 5.89. The van der Waals surface area contributed by atoms with Gasteiger partial charge in [0.2, 0.25) is 0 Å². The Labute approximate surface area is 180 Å². The molecular formula is C27H23F3O. The molecule has 0 spiro atoms. The fraction of sp³-hybridized carbons (Fsp3) is 0.185. The van der Waals surface area contributed by atoms with Gasteiger partial charge >= 0.3 is 6.61 Å². The lowest BCUT2D eigenvalue weighted by Gasteiger charge is -2.10. The van der Waals surface area contributed by atoms with Gasteiger partial charge in [0, 0.05) is 10.9 Å². The van der Waals surface area contributed by atoms with Crippen molar-refractivity contribution in [3.63, 3.8) is 0 Å². The van der Waals surface area contributed by atoms with Crippen molar-refractivity contribution in [2.75, 3.05) is 0 Å². The zero-order valence-corrected chi connectivity index (χ0v) is 17.2. The summed E-state index contributed by atoms with van der Waals surface area (Å²) in [6.45, 7) is -0.681. The fourth-order valence-electron chi connectivity index (χ4n) is 3.77. The number of ether oxygens (including phenoxy) is 1. The van der Waals surface area contributed by atoms with Crippen molar-refractivity contribution in [1.82, 2.24) is 0 Å². The van der Waals surface area contributed by atoms with Crippen molar-refractivity contribution in [3.8, 4) is 28.0 Å². The minimum Gasteiger partial charge on any atom is -0.435 e. The largest absolute Gasteiger partial charge is 0.435 e. The molecule has 4 aromatic rings. The molecule has 1 nitrogen and oxygen atoms in total. The normalized spacial score (nSPS) is 11.3. The Bertz CT molecular complexity index is 1170. The SMILES string of the molecule is CCCCc1ccc2c(F)c(-c3ccc(-c4ccc(OC(F)F)cc4)cc3)ccc2c1. The smallest absolute Gasteiger partial charge is 0.387 e. The molecule has 0 saturated heterocycles. The van der Waals surface area contributed by atoms with Crippen molar-refractivity contribution in [2.45, 2.75) is 32.8 Å². The Hall–Kier alpha value is -3.27. The number of hydrogen-bond acceptors (Lipinski definition) is 1. The number of fused-ring (bicyclic) bond motifs is 1. The summed E-state index contributed by atoms with van der Waals surface area (Å²) in [5.41, 5.74) is 4.36. The molecule has 0 amide bonds. The van der Waals surface area contributed by atoms with Gasteiger partial charge in [-0.2, -0.15) is 8.78 Å². The van der Waals surface area contributed by atoms with Crippen LogP contribution in [0.25, 0.3) is 33.0 Å². The number of aryl methyl sites for hydroxylation is 1. The first-order valence-corrected chi connectivity index (χ1v) is 10.4. The topological polar surface area (TPSA) is 9.23 Å². The zero-order chi connectivity index (χ0) is 21.8. The van der Waals surface area contributed by atoms with Gasteiger partial charge in [-0.3, -0.25) is 0 Å². The van der Waals surface area contributed by atoms with Crippen LogP contribution in [0.15, 0.2) is 78.9 Å². The van der Waals surface area contributed by atoms with Crippen LogP contribution in [0.2, 0.25) is 0 Å². The van der Waals surface area contributed by atoms with Crippen LogP contribution in [0.5, 0.6) is 5.75 Å². The van der Waals surface area contributed by atoms with Crippen molar-refractivity contribution in [1.29, 1.82) is 0 Å². The first-order valence-electron chi connectivity index (χ1n) is 10.4. The molecule has 0 unspecified atom stereocenters. The average molecular weight is 420 g/mol. The van der Waals surface area contributed by atoms with Crippen LogP contribution in [-0.2, 0) is 6.42 Å². The third kappa shape index (κ3) is 4.74.